The molecule has 0 saturated heterocycles. The van der Waals surface area contributed by atoms with Gasteiger partial charge in [0.2, 0.25) is 0 Å². The summed E-state index contributed by atoms with van der Waals surface area (Å²) in [6.45, 7) is 9.18. The first-order valence-corrected chi connectivity index (χ1v) is 9.94. The fourth-order valence-corrected chi connectivity index (χ4v) is 3.46. The van der Waals surface area contributed by atoms with Gasteiger partial charge in [-0.1, -0.05) is 35.5 Å². The third-order valence-corrected chi connectivity index (χ3v) is 4.77. The van der Waals surface area contributed by atoms with Gasteiger partial charge >= 0.3 is 5.97 Å². The minimum atomic E-state index is -0.498. The van der Waals surface area contributed by atoms with Gasteiger partial charge in [-0.3, -0.25) is 14.2 Å². The largest absolute Gasteiger partial charge is 0.463 e. The molecule has 0 spiro atoms. The third-order valence-electron chi connectivity index (χ3n) is 4.77. The van der Waals surface area contributed by atoms with Crippen molar-refractivity contribution in [2.24, 2.45) is 0 Å². The van der Waals surface area contributed by atoms with Crippen molar-refractivity contribution in [3.05, 3.63) is 70.7 Å². The molecule has 2 aromatic heterocycles. The number of amides is 1. The topological polar surface area (TPSA) is 86.4 Å². The van der Waals surface area contributed by atoms with Crippen LogP contribution in [-0.2, 0) is 9.53 Å². The van der Waals surface area contributed by atoms with Crippen LogP contribution < -0.4 is 5.32 Å². The lowest BCUT2D eigenvalue weighted by molar-refractivity contribution is -0.147. The molecule has 0 aliphatic heterocycles. The van der Waals surface area contributed by atoms with Crippen molar-refractivity contribution < 1.29 is 18.8 Å². The van der Waals surface area contributed by atoms with Gasteiger partial charge in [-0.2, -0.15) is 0 Å². The van der Waals surface area contributed by atoms with E-state index >= 15 is 0 Å². The number of nitrogens with one attached hydrogen (secondary N) is 1. The fraction of sp³-hybridized carbons (Fsp3) is 0.348. The fourth-order valence-electron chi connectivity index (χ4n) is 3.46. The van der Waals surface area contributed by atoms with E-state index < -0.39 is 6.04 Å². The van der Waals surface area contributed by atoms with E-state index in [4.69, 9.17) is 9.26 Å². The number of esters is 1. The number of carbonyl (C=O) groups is 2. The normalized spacial score (nSPS) is 12.1. The van der Waals surface area contributed by atoms with E-state index in [-0.39, 0.29) is 24.4 Å². The average molecular weight is 409 g/mol. The van der Waals surface area contributed by atoms with Gasteiger partial charge in [-0.15, -0.1) is 0 Å². The van der Waals surface area contributed by atoms with E-state index in [1.54, 1.807) is 13.8 Å². The molecule has 1 unspecified atom stereocenters. The molecule has 0 aliphatic carbocycles. The van der Waals surface area contributed by atoms with Crippen LogP contribution in [0.2, 0.25) is 0 Å². The van der Waals surface area contributed by atoms with Crippen molar-refractivity contribution in [2.75, 3.05) is 0 Å². The molecule has 7 nitrogen and oxygen atoms in total. The minimum Gasteiger partial charge on any atom is -0.463 e. The van der Waals surface area contributed by atoms with Crippen LogP contribution >= 0.6 is 0 Å². The lowest BCUT2D eigenvalue weighted by Crippen LogP contribution is -2.31. The molecule has 7 heteroatoms. The van der Waals surface area contributed by atoms with Crippen molar-refractivity contribution >= 4 is 11.9 Å². The van der Waals surface area contributed by atoms with Crippen LogP contribution in [0, 0.1) is 20.8 Å². The number of nitrogens with zero attached hydrogens (tertiary/aromatic N) is 2. The van der Waals surface area contributed by atoms with Gasteiger partial charge in [0.15, 0.2) is 5.82 Å². The highest BCUT2D eigenvalue weighted by atomic mass is 16.5. The summed E-state index contributed by atoms with van der Waals surface area (Å²) in [5.41, 5.74) is 2.97. The second-order valence-corrected chi connectivity index (χ2v) is 7.60. The summed E-state index contributed by atoms with van der Waals surface area (Å²) in [4.78, 5) is 25.4. The summed E-state index contributed by atoms with van der Waals surface area (Å²) < 4.78 is 12.3. The van der Waals surface area contributed by atoms with E-state index in [9.17, 15) is 9.59 Å². The number of aryl methyl sites for hydroxylation is 2. The summed E-state index contributed by atoms with van der Waals surface area (Å²) in [6.07, 6.45) is -0.163. The number of hydrogen-bond donors (Lipinski definition) is 1. The van der Waals surface area contributed by atoms with Crippen molar-refractivity contribution in [3.8, 4) is 5.82 Å². The maximum Gasteiger partial charge on any atom is 0.308 e. The number of carbonyl (C=O) groups excluding carboxylic acids is 2. The second kappa shape index (κ2) is 8.98. The van der Waals surface area contributed by atoms with Crippen LogP contribution in [0.1, 0.15) is 59.4 Å². The van der Waals surface area contributed by atoms with Gasteiger partial charge < -0.3 is 14.6 Å². The number of hydrogen-bond acceptors (Lipinski definition) is 5. The molecule has 30 heavy (non-hydrogen) atoms. The maximum absolute atomic E-state index is 13.1. The van der Waals surface area contributed by atoms with Crippen LogP contribution in [0.25, 0.3) is 5.82 Å². The Labute approximate surface area is 176 Å². The Morgan fingerprint density at radius 2 is 1.83 bits per heavy atom. The highest BCUT2D eigenvalue weighted by Crippen LogP contribution is 2.23. The zero-order chi connectivity index (χ0) is 21.8. The predicted molar refractivity (Wildman–Crippen MR) is 113 cm³/mol. The Morgan fingerprint density at radius 1 is 1.13 bits per heavy atom. The number of aromatic nitrogens is 2. The van der Waals surface area contributed by atoms with E-state index in [1.807, 2.05) is 67.8 Å². The molecule has 1 amide bonds. The zero-order valence-electron chi connectivity index (χ0n) is 17.9. The van der Waals surface area contributed by atoms with Crippen LogP contribution in [0.15, 0.2) is 47.0 Å². The van der Waals surface area contributed by atoms with Gasteiger partial charge in [-0.05, 0) is 46.2 Å². The Kier molecular flexibility index (Phi) is 6.40. The first-order valence-electron chi connectivity index (χ1n) is 9.94. The maximum atomic E-state index is 13.1. The van der Waals surface area contributed by atoms with Gasteiger partial charge in [0.1, 0.15) is 5.76 Å². The Bertz CT molecular complexity index is 1030. The van der Waals surface area contributed by atoms with Gasteiger partial charge in [0, 0.05) is 17.5 Å². The molecule has 3 aromatic rings. The van der Waals surface area contributed by atoms with Crippen molar-refractivity contribution in [1.29, 1.82) is 0 Å². The van der Waals surface area contributed by atoms with Crippen molar-refractivity contribution in [3.63, 3.8) is 0 Å². The van der Waals surface area contributed by atoms with Crippen LogP contribution in [0.3, 0.4) is 0 Å². The Balaban J connectivity index is 1.86. The summed E-state index contributed by atoms with van der Waals surface area (Å²) >= 11 is 0. The van der Waals surface area contributed by atoms with Gasteiger partial charge in [0.05, 0.1) is 24.1 Å². The molecule has 2 heterocycles. The van der Waals surface area contributed by atoms with Gasteiger partial charge in [-0.25, -0.2) is 0 Å². The van der Waals surface area contributed by atoms with Gasteiger partial charge in [0.25, 0.3) is 5.91 Å². The lowest BCUT2D eigenvalue weighted by Gasteiger charge is -2.19. The minimum absolute atomic E-state index is 0.0507. The van der Waals surface area contributed by atoms with Crippen molar-refractivity contribution in [2.45, 2.75) is 53.2 Å². The standard InChI is InChI=1S/C23H27N3O4/c1-14(2)29-22(27)13-20(18-9-7-6-8-10-18)24-23(28)19-11-15(3)26(17(19)5)21-12-16(4)30-25-21/h6-12,14,20H,13H2,1-5H3,(H,24,28). The molecular formula is C23H27N3O4. The highest BCUT2D eigenvalue weighted by Gasteiger charge is 2.24. The molecule has 0 bridgehead atoms. The smallest absolute Gasteiger partial charge is 0.308 e. The molecular weight excluding hydrogens is 382 g/mol. The monoisotopic (exact) mass is 409 g/mol. The number of benzene rings is 1. The molecule has 3 rings (SSSR count). The van der Waals surface area contributed by atoms with Crippen LogP contribution in [0.5, 0.6) is 0 Å². The van der Waals surface area contributed by atoms with E-state index in [2.05, 4.69) is 10.5 Å². The Hall–Kier alpha value is -3.35. The Morgan fingerprint density at radius 3 is 2.43 bits per heavy atom. The highest BCUT2D eigenvalue weighted by molar-refractivity contribution is 5.96. The predicted octanol–water partition coefficient (Wildman–Crippen LogP) is 4.20. The molecule has 158 valence electrons. The average Bonchev–Trinajstić information content (AvgIpc) is 3.23. The summed E-state index contributed by atoms with van der Waals surface area (Å²) in [5, 5.41) is 7.05. The molecule has 1 atom stereocenters. The molecule has 1 aromatic carbocycles. The van der Waals surface area contributed by atoms with E-state index in [1.165, 1.54) is 0 Å². The summed E-state index contributed by atoms with van der Waals surface area (Å²) in [6, 6.07) is 12.5. The summed E-state index contributed by atoms with van der Waals surface area (Å²) in [5.74, 6) is 0.696. The first-order chi connectivity index (χ1) is 14.3. The first kappa shape index (κ1) is 21.4. The summed E-state index contributed by atoms with van der Waals surface area (Å²) in [7, 11) is 0. The SMILES string of the molecule is Cc1cc(-n2c(C)cc(C(=O)NC(CC(=O)OC(C)C)c3ccccc3)c2C)no1. The molecule has 0 fully saturated rings. The number of rotatable bonds is 7. The molecule has 0 radical (unpaired) electrons. The second-order valence-electron chi connectivity index (χ2n) is 7.60. The third kappa shape index (κ3) is 4.79. The number of ether oxygens (including phenoxy) is 1. The van der Waals surface area contributed by atoms with E-state index in [0.29, 0.717) is 17.1 Å². The quantitative estimate of drug-likeness (QED) is 0.591. The van der Waals surface area contributed by atoms with E-state index in [0.717, 1.165) is 17.0 Å². The van der Waals surface area contributed by atoms with Crippen LogP contribution in [-0.4, -0.2) is 27.7 Å². The zero-order valence-corrected chi connectivity index (χ0v) is 17.9. The van der Waals surface area contributed by atoms with Crippen LogP contribution in [0.4, 0.5) is 0 Å². The lowest BCUT2D eigenvalue weighted by atomic mass is 10.0. The molecule has 1 N–H and O–H groups in total. The molecule has 0 saturated carbocycles. The molecule has 0 aliphatic rings. The van der Waals surface area contributed by atoms with Crippen molar-refractivity contribution in [1.82, 2.24) is 15.0 Å².